The van der Waals surface area contributed by atoms with Crippen LogP contribution in [0, 0.1) is 0 Å². The average Bonchev–Trinajstić information content (AvgIpc) is 2.44. The van der Waals surface area contributed by atoms with E-state index in [1.165, 1.54) is 11.1 Å². The first-order valence-electron chi connectivity index (χ1n) is 6.67. The van der Waals surface area contributed by atoms with Crippen molar-refractivity contribution in [2.24, 2.45) is 11.5 Å². The lowest BCUT2D eigenvalue weighted by atomic mass is 10.1. The van der Waals surface area contributed by atoms with Crippen molar-refractivity contribution in [1.29, 1.82) is 0 Å². The summed E-state index contributed by atoms with van der Waals surface area (Å²) in [7, 11) is 0. The van der Waals surface area contributed by atoms with Gasteiger partial charge in [-0.25, -0.2) is 0 Å². The fourth-order valence-electron chi connectivity index (χ4n) is 2.01. The predicted molar refractivity (Wildman–Crippen MR) is 81.7 cm³/mol. The minimum Gasteiger partial charge on any atom is -0.356 e. The lowest BCUT2D eigenvalue weighted by Gasteiger charge is -2.08. The van der Waals surface area contributed by atoms with E-state index in [1.807, 2.05) is 0 Å². The van der Waals surface area contributed by atoms with Crippen molar-refractivity contribution >= 4 is 11.4 Å². The molecular weight excluding hydrogens is 234 g/mol. The van der Waals surface area contributed by atoms with Gasteiger partial charge in [0, 0.05) is 11.4 Å². The zero-order chi connectivity index (χ0) is 13.5. The largest absolute Gasteiger partial charge is 0.356 e. The summed E-state index contributed by atoms with van der Waals surface area (Å²) in [6.45, 7) is 1.38. The Bertz CT molecular complexity index is 441. The molecule has 0 unspecified atom stereocenters. The maximum absolute atomic E-state index is 5.54. The van der Waals surface area contributed by atoms with Gasteiger partial charge in [0.2, 0.25) is 0 Å². The van der Waals surface area contributed by atoms with Gasteiger partial charge >= 0.3 is 0 Å². The number of anilines is 2. The van der Waals surface area contributed by atoms with E-state index >= 15 is 0 Å². The molecule has 2 aromatic carbocycles. The molecule has 0 amide bonds. The smallest absolute Gasteiger partial charge is 0.0384 e. The maximum Gasteiger partial charge on any atom is 0.0384 e. The van der Waals surface area contributed by atoms with Gasteiger partial charge in [0.15, 0.2) is 0 Å². The molecule has 2 rings (SSSR count). The molecule has 0 aliphatic carbocycles. The van der Waals surface area contributed by atoms with E-state index in [0.717, 1.165) is 24.2 Å². The van der Waals surface area contributed by atoms with E-state index in [0.29, 0.717) is 13.1 Å². The topological polar surface area (TPSA) is 64.1 Å². The first-order chi connectivity index (χ1) is 9.31. The second kappa shape index (κ2) is 6.92. The zero-order valence-electron chi connectivity index (χ0n) is 11.1. The summed E-state index contributed by atoms with van der Waals surface area (Å²) >= 11 is 0. The third-order valence-electron chi connectivity index (χ3n) is 3.06. The highest BCUT2D eigenvalue weighted by atomic mass is 14.9. The Kier molecular flexibility index (Phi) is 4.95. The summed E-state index contributed by atoms with van der Waals surface area (Å²) in [6, 6.07) is 16.8. The fraction of sp³-hybridized carbons (Fsp3) is 0.250. The van der Waals surface area contributed by atoms with Crippen molar-refractivity contribution in [1.82, 2.24) is 0 Å². The molecule has 0 bridgehead atoms. The molecule has 0 radical (unpaired) electrons. The molecule has 0 aromatic heterocycles. The van der Waals surface area contributed by atoms with Crippen LogP contribution in [0.2, 0.25) is 0 Å². The average molecular weight is 255 g/mol. The number of rotatable bonds is 6. The Morgan fingerprint density at radius 1 is 0.632 bits per heavy atom. The van der Waals surface area contributed by atoms with Crippen molar-refractivity contribution in [3.05, 3.63) is 59.7 Å². The molecule has 3 nitrogen and oxygen atoms in total. The van der Waals surface area contributed by atoms with Crippen LogP contribution in [0.3, 0.4) is 0 Å². The van der Waals surface area contributed by atoms with Gasteiger partial charge in [0.05, 0.1) is 0 Å². The number of benzene rings is 2. The van der Waals surface area contributed by atoms with Gasteiger partial charge in [0.25, 0.3) is 0 Å². The van der Waals surface area contributed by atoms with E-state index in [2.05, 4.69) is 53.8 Å². The molecule has 0 atom stereocenters. The molecule has 3 heteroatoms. The van der Waals surface area contributed by atoms with Crippen LogP contribution in [0.1, 0.15) is 11.1 Å². The minimum atomic E-state index is 0.690. The van der Waals surface area contributed by atoms with Gasteiger partial charge < -0.3 is 16.8 Å². The predicted octanol–water partition coefficient (Wildman–Crippen LogP) is 2.43. The molecule has 0 aliphatic rings. The first-order valence-corrected chi connectivity index (χ1v) is 6.67. The van der Waals surface area contributed by atoms with E-state index < -0.39 is 0 Å². The second-order valence-electron chi connectivity index (χ2n) is 4.60. The molecule has 100 valence electrons. The number of hydrogen-bond acceptors (Lipinski definition) is 3. The number of hydrogen-bond donors (Lipinski definition) is 3. The van der Waals surface area contributed by atoms with E-state index in [9.17, 15) is 0 Å². The maximum atomic E-state index is 5.54. The zero-order valence-corrected chi connectivity index (χ0v) is 11.1. The van der Waals surface area contributed by atoms with Crippen LogP contribution in [0.15, 0.2) is 48.5 Å². The molecular formula is C16H21N3. The molecule has 0 aliphatic heterocycles. The standard InChI is InChI=1S/C16H21N3/c17-11-9-13-1-5-15(6-2-13)19-16-7-3-14(4-8-16)10-12-18/h1-8,19H,9-12,17-18H2. The monoisotopic (exact) mass is 255 g/mol. The Balaban J connectivity index is 1.99. The van der Waals surface area contributed by atoms with Crippen LogP contribution >= 0.6 is 0 Å². The van der Waals surface area contributed by atoms with Gasteiger partial charge in [-0.1, -0.05) is 24.3 Å². The quantitative estimate of drug-likeness (QED) is 0.743. The van der Waals surface area contributed by atoms with Crippen LogP contribution in [0.4, 0.5) is 11.4 Å². The highest BCUT2D eigenvalue weighted by Gasteiger charge is 1.97. The van der Waals surface area contributed by atoms with E-state index in [4.69, 9.17) is 11.5 Å². The lowest BCUT2D eigenvalue weighted by Crippen LogP contribution is -2.03. The van der Waals surface area contributed by atoms with Crippen molar-refractivity contribution < 1.29 is 0 Å². The summed E-state index contributed by atoms with van der Waals surface area (Å²) in [4.78, 5) is 0. The van der Waals surface area contributed by atoms with Crippen molar-refractivity contribution in [2.75, 3.05) is 18.4 Å². The summed E-state index contributed by atoms with van der Waals surface area (Å²) in [5.74, 6) is 0. The highest BCUT2D eigenvalue weighted by molar-refractivity contribution is 5.60. The van der Waals surface area contributed by atoms with Crippen molar-refractivity contribution in [2.45, 2.75) is 12.8 Å². The van der Waals surface area contributed by atoms with E-state index in [1.54, 1.807) is 0 Å². The molecule has 19 heavy (non-hydrogen) atoms. The van der Waals surface area contributed by atoms with Gasteiger partial charge in [-0.3, -0.25) is 0 Å². The minimum absolute atomic E-state index is 0.690. The Hall–Kier alpha value is -1.84. The normalized spacial score (nSPS) is 10.4. The first kappa shape index (κ1) is 13.6. The van der Waals surface area contributed by atoms with Gasteiger partial charge in [-0.2, -0.15) is 0 Å². The molecule has 5 N–H and O–H groups in total. The van der Waals surface area contributed by atoms with Crippen LogP contribution in [0.5, 0.6) is 0 Å². The Labute approximate surface area is 114 Å². The molecule has 2 aromatic rings. The van der Waals surface area contributed by atoms with Crippen LogP contribution < -0.4 is 16.8 Å². The molecule has 0 spiro atoms. The van der Waals surface area contributed by atoms with Gasteiger partial charge in [-0.15, -0.1) is 0 Å². The van der Waals surface area contributed by atoms with Crippen molar-refractivity contribution in [3.8, 4) is 0 Å². The molecule has 0 fully saturated rings. The Morgan fingerprint density at radius 2 is 1.00 bits per heavy atom. The molecule has 0 saturated heterocycles. The van der Waals surface area contributed by atoms with Crippen molar-refractivity contribution in [3.63, 3.8) is 0 Å². The number of nitrogens with two attached hydrogens (primary N) is 2. The van der Waals surface area contributed by atoms with Crippen LogP contribution in [-0.2, 0) is 12.8 Å². The van der Waals surface area contributed by atoms with Crippen LogP contribution in [0.25, 0.3) is 0 Å². The summed E-state index contributed by atoms with van der Waals surface area (Å²) < 4.78 is 0. The van der Waals surface area contributed by atoms with E-state index in [-0.39, 0.29) is 0 Å². The molecule has 0 heterocycles. The SMILES string of the molecule is NCCc1ccc(Nc2ccc(CCN)cc2)cc1. The van der Waals surface area contributed by atoms with Gasteiger partial charge in [0.1, 0.15) is 0 Å². The fourth-order valence-corrected chi connectivity index (χ4v) is 2.01. The highest BCUT2D eigenvalue weighted by Crippen LogP contribution is 2.18. The van der Waals surface area contributed by atoms with Gasteiger partial charge in [-0.05, 0) is 61.3 Å². The summed E-state index contributed by atoms with van der Waals surface area (Å²) in [5.41, 5.74) is 15.8. The Morgan fingerprint density at radius 3 is 1.32 bits per heavy atom. The number of nitrogens with one attached hydrogen (secondary N) is 1. The second-order valence-corrected chi connectivity index (χ2v) is 4.60. The lowest BCUT2D eigenvalue weighted by molar-refractivity contribution is 0.968. The summed E-state index contributed by atoms with van der Waals surface area (Å²) in [5, 5.41) is 3.38. The third-order valence-corrected chi connectivity index (χ3v) is 3.06. The van der Waals surface area contributed by atoms with Crippen LogP contribution in [-0.4, -0.2) is 13.1 Å². The molecule has 0 saturated carbocycles. The third kappa shape index (κ3) is 4.09. The summed E-state index contributed by atoms with van der Waals surface area (Å²) in [6.07, 6.45) is 1.85.